The number of aryl methyl sites for hydroxylation is 1. The minimum Gasteiger partial charge on any atom is -0.459 e. The smallest absolute Gasteiger partial charge is 0.291 e. The van der Waals surface area contributed by atoms with E-state index in [4.69, 9.17) is 4.42 Å². The Morgan fingerprint density at radius 1 is 1.22 bits per heavy atom. The normalized spacial score (nSPS) is 11.0. The Balaban J connectivity index is 1.73. The molecule has 1 aromatic carbocycles. The van der Waals surface area contributed by atoms with Gasteiger partial charge < -0.3 is 9.73 Å². The second-order valence-corrected chi connectivity index (χ2v) is 5.78. The van der Waals surface area contributed by atoms with Crippen molar-refractivity contribution in [1.82, 2.24) is 19.8 Å². The maximum Gasteiger partial charge on any atom is 0.291 e. The molecule has 7 nitrogen and oxygen atoms in total. The number of hydrogen-bond donors (Lipinski definition) is 1. The van der Waals surface area contributed by atoms with Gasteiger partial charge in [-0.3, -0.25) is 4.79 Å². The fourth-order valence-corrected chi connectivity index (χ4v) is 3.12. The van der Waals surface area contributed by atoms with Gasteiger partial charge >= 0.3 is 0 Å². The molecule has 0 saturated carbocycles. The average Bonchev–Trinajstić information content (AvgIpc) is 3.27. The number of furan rings is 1. The van der Waals surface area contributed by atoms with Gasteiger partial charge in [-0.15, -0.1) is 10.2 Å². The minimum absolute atomic E-state index is 0.258. The van der Waals surface area contributed by atoms with Crippen LogP contribution >= 0.6 is 11.3 Å². The molecule has 0 unspecified atom stereocenters. The molecule has 8 heteroatoms. The largest absolute Gasteiger partial charge is 0.459 e. The number of benzene rings is 1. The molecule has 0 radical (unpaired) electrons. The Labute approximate surface area is 134 Å². The number of nitrogens with one attached hydrogen (secondary N) is 1. The molecule has 0 aliphatic carbocycles. The van der Waals surface area contributed by atoms with Crippen molar-refractivity contribution >= 4 is 27.9 Å². The molecule has 4 aromatic rings. The molecule has 3 heterocycles. The molecule has 0 bridgehead atoms. The Kier molecular flexibility index (Phi) is 3.16. The minimum atomic E-state index is -0.304. The summed E-state index contributed by atoms with van der Waals surface area (Å²) in [4.78, 5) is 12.9. The van der Waals surface area contributed by atoms with E-state index in [1.165, 1.54) is 17.6 Å². The third-order valence-corrected chi connectivity index (χ3v) is 4.23. The van der Waals surface area contributed by atoms with Crippen molar-refractivity contribution in [2.45, 2.75) is 6.92 Å². The summed E-state index contributed by atoms with van der Waals surface area (Å²) in [6, 6.07) is 10.8. The third-order valence-electron chi connectivity index (χ3n) is 3.30. The summed E-state index contributed by atoms with van der Waals surface area (Å²) < 4.78 is 6.80. The molecule has 0 spiro atoms. The highest BCUT2D eigenvalue weighted by molar-refractivity contribution is 7.19. The van der Waals surface area contributed by atoms with E-state index in [0.717, 1.165) is 16.4 Å². The first kappa shape index (κ1) is 13.6. The number of para-hydroxylation sites is 1. The van der Waals surface area contributed by atoms with Crippen LogP contribution in [0, 0.1) is 6.92 Å². The summed E-state index contributed by atoms with van der Waals surface area (Å²) >= 11 is 1.41. The molecule has 0 saturated heterocycles. The van der Waals surface area contributed by atoms with Crippen LogP contribution in [0.15, 0.2) is 47.1 Å². The summed E-state index contributed by atoms with van der Waals surface area (Å²) in [7, 11) is 0. The molecule has 114 valence electrons. The van der Waals surface area contributed by atoms with Crippen LogP contribution in [-0.4, -0.2) is 25.7 Å². The van der Waals surface area contributed by atoms with Crippen LogP contribution in [0.3, 0.4) is 0 Å². The zero-order chi connectivity index (χ0) is 15.8. The van der Waals surface area contributed by atoms with Gasteiger partial charge in [-0.1, -0.05) is 23.5 Å². The predicted molar refractivity (Wildman–Crippen MR) is 85.5 cm³/mol. The molecular weight excluding hydrogens is 314 g/mol. The SMILES string of the molecule is Cc1nnc2sc(-c3ccccc3NC(=O)c3ccco3)nn12. The van der Waals surface area contributed by atoms with Crippen LogP contribution in [0.4, 0.5) is 5.69 Å². The van der Waals surface area contributed by atoms with E-state index in [9.17, 15) is 4.79 Å². The van der Waals surface area contributed by atoms with Crippen molar-refractivity contribution in [1.29, 1.82) is 0 Å². The number of amides is 1. The summed E-state index contributed by atoms with van der Waals surface area (Å²) in [5.41, 5.74) is 1.49. The van der Waals surface area contributed by atoms with Gasteiger partial charge in [0, 0.05) is 5.56 Å². The van der Waals surface area contributed by atoms with Crippen molar-refractivity contribution in [2.24, 2.45) is 0 Å². The lowest BCUT2D eigenvalue weighted by atomic mass is 10.2. The first-order valence-corrected chi connectivity index (χ1v) is 7.67. The Bertz CT molecular complexity index is 987. The fourth-order valence-electron chi connectivity index (χ4n) is 2.19. The van der Waals surface area contributed by atoms with Crippen molar-refractivity contribution in [3.05, 3.63) is 54.2 Å². The van der Waals surface area contributed by atoms with Crippen LogP contribution in [0.2, 0.25) is 0 Å². The van der Waals surface area contributed by atoms with Crippen LogP contribution in [0.5, 0.6) is 0 Å². The highest BCUT2D eigenvalue weighted by Gasteiger charge is 2.16. The first-order chi connectivity index (χ1) is 11.2. The van der Waals surface area contributed by atoms with Gasteiger partial charge in [0.15, 0.2) is 11.6 Å². The molecule has 1 N–H and O–H groups in total. The Morgan fingerprint density at radius 3 is 2.87 bits per heavy atom. The first-order valence-electron chi connectivity index (χ1n) is 6.85. The molecule has 0 atom stereocenters. The van der Waals surface area contributed by atoms with E-state index in [1.54, 1.807) is 16.6 Å². The standard InChI is InChI=1S/C15H11N5O2S/c1-9-17-18-15-20(9)19-14(23-15)10-5-2-3-6-11(10)16-13(21)12-7-4-8-22-12/h2-8H,1H3,(H,16,21). The van der Waals surface area contributed by atoms with Crippen molar-refractivity contribution < 1.29 is 9.21 Å². The summed E-state index contributed by atoms with van der Waals surface area (Å²) in [5.74, 6) is 0.676. The number of fused-ring (bicyclic) bond motifs is 1. The van der Waals surface area contributed by atoms with Gasteiger partial charge in [-0.2, -0.15) is 9.61 Å². The van der Waals surface area contributed by atoms with Gasteiger partial charge in [-0.05, 0) is 31.2 Å². The second-order valence-electron chi connectivity index (χ2n) is 4.83. The van der Waals surface area contributed by atoms with Crippen molar-refractivity contribution in [3.8, 4) is 10.6 Å². The predicted octanol–water partition coefficient (Wildman–Crippen LogP) is 3.01. The lowest BCUT2D eigenvalue weighted by Gasteiger charge is -2.07. The summed E-state index contributed by atoms with van der Waals surface area (Å²) in [6.45, 7) is 1.84. The van der Waals surface area contributed by atoms with Gasteiger partial charge in [0.2, 0.25) is 4.96 Å². The maximum atomic E-state index is 12.2. The lowest BCUT2D eigenvalue weighted by Crippen LogP contribution is -2.11. The number of nitrogens with zero attached hydrogens (tertiary/aromatic N) is 4. The number of carbonyl (C=O) groups is 1. The zero-order valence-electron chi connectivity index (χ0n) is 12.1. The maximum absolute atomic E-state index is 12.2. The van der Waals surface area contributed by atoms with Gasteiger partial charge in [-0.25, -0.2) is 0 Å². The van der Waals surface area contributed by atoms with E-state index in [1.807, 2.05) is 31.2 Å². The summed E-state index contributed by atoms with van der Waals surface area (Å²) in [5, 5.41) is 16.2. The number of anilines is 1. The van der Waals surface area contributed by atoms with Gasteiger partial charge in [0.25, 0.3) is 5.91 Å². The summed E-state index contributed by atoms with van der Waals surface area (Å²) in [6.07, 6.45) is 1.46. The molecule has 23 heavy (non-hydrogen) atoms. The molecule has 0 fully saturated rings. The van der Waals surface area contributed by atoms with Crippen LogP contribution in [-0.2, 0) is 0 Å². The third kappa shape index (κ3) is 2.38. The van der Waals surface area contributed by atoms with Crippen LogP contribution in [0.1, 0.15) is 16.4 Å². The van der Waals surface area contributed by atoms with E-state index in [2.05, 4.69) is 20.6 Å². The van der Waals surface area contributed by atoms with Crippen LogP contribution < -0.4 is 5.32 Å². The number of rotatable bonds is 3. The quantitative estimate of drug-likeness (QED) is 0.626. The highest BCUT2D eigenvalue weighted by Crippen LogP contribution is 2.31. The molecule has 3 aromatic heterocycles. The molecule has 1 amide bonds. The van der Waals surface area contributed by atoms with Crippen molar-refractivity contribution in [3.63, 3.8) is 0 Å². The Hall–Kier alpha value is -3.00. The number of hydrogen-bond acceptors (Lipinski definition) is 6. The van der Waals surface area contributed by atoms with Crippen molar-refractivity contribution in [2.75, 3.05) is 5.32 Å². The fraction of sp³-hybridized carbons (Fsp3) is 0.0667. The second kappa shape index (κ2) is 5.33. The van der Waals surface area contributed by atoms with E-state index < -0.39 is 0 Å². The molecular formula is C15H11N5O2S. The monoisotopic (exact) mass is 325 g/mol. The van der Waals surface area contributed by atoms with E-state index in [0.29, 0.717) is 10.6 Å². The topological polar surface area (TPSA) is 85.3 Å². The average molecular weight is 325 g/mol. The van der Waals surface area contributed by atoms with Gasteiger partial charge in [0.1, 0.15) is 5.01 Å². The lowest BCUT2D eigenvalue weighted by molar-refractivity contribution is 0.0996. The highest BCUT2D eigenvalue weighted by atomic mass is 32.1. The molecule has 4 rings (SSSR count). The Morgan fingerprint density at radius 2 is 2.09 bits per heavy atom. The van der Waals surface area contributed by atoms with E-state index >= 15 is 0 Å². The number of aromatic nitrogens is 4. The molecule has 0 aliphatic heterocycles. The zero-order valence-corrected chi connectivity index (χ0v) is 12.9. The number of carbonyl (C=O) groups excluding carboxylic acids is 1. The van der Waals surface area contributed by atoms with Crippen LogP contribution in [0.25, 0.3) is 15.5 Å². The molecule has 0 aliphatic rings. The van der Waals surface area contributed by atoms with Gasteiger partial charge in [0.05, 0.1) is 12.0 Å². The van der Waals surface area contributed by atoms with E-state index in [-0.39, 0.29) is 11.7 Å².